The fourth-order valence-corrected chi connectivity index (χ4v) is 2.21. The summed E-state index contributed by atoms with van der Waals surface area (Å²) in [5.41, 5.74) is 0.519. The number of pyridine rings is 1. The third-order valence-corrected chi connectivity index (χ3v) is 3.63. The van der Waals surface area contributed by atoms with E-state index in [0.717, 1.165) is 0 Å². The lowest BCUT2D eigenvalue weighted by molar-refractivity contribution is -0.152. The number of para-hydroxylation sites is 2. The molecule has 2 aromatic rings. The Morgan fingerprint density at radius 1 is 1.22 bits per heavy atom. The monoisotopic (exact) mass is 391 g/mol. The fraction of sp³-hybridized carbons (Fsp3) is 0.222. The molecule has 2 rings (SSSR count). The molecule has 9 heteroatoms. The summed E-state index contributed by atoms with van der Waals surface area (Å²) < 4.78 is 10.2. The molecule has 0 aliphatic heterocycles. The van der Waals surface area contributed by atoms with E-state index >= 15 is 0 Å². The molecule has 8 nitrogen and oxygen atoms in total. The number of rotatable bonds is 7. The minimum atomic E-state index is -1.07. The van der Waals surface area contributed by atoms with Gasteiger partial charge in [0.1, 0.15) is 18.0 Å². The van der Waals surface area contributed by atoms with E-state index in [4.69, 9.17) is 21.1 Å². The quantitative estimate of drug-likeness (QED) is 0.699. The van der Waals surface area contributed by atoms with Gasteiger partial charge in [-0.25, -0.2) is 0 Å². The lowest BCUT2D eigenvalue weighted by atomic mass is 10.2. The molecule has 0 aliphatic rings. The number of halogens is 1. The van der Waals surface area contributed by atoms with E-state index in [1.165, 1.54) is 32.4 Å². The van der Waals surface area contributed by atoms with Crippen molar-refractivity contribution in [1.29, 1.82) is 0 Å². The smallest absolute Gasteiger partial charge is 0.326 e. The zero-order chi connectivity index (χ0) is 19.8. The number of benzene rings is 1. The Labute approximate surface area is 160 Å². The van der Waals surface area contributed by atoms with E-state index in [2.05, 4.69) is 15.6 Å². The normalized spacial score (nSPS) is 11.2. The summed E-state index contributed by atoms with van der Waals surface area (Å²) in [6, 6.07) is 9.72. The highest BCUT2D eigenvalue weighted by Crippen LogP contribution is 2.23. The molecule has 1 atom stereocenters. The average Bonchev–Trinajstić information content (AvgIpc) is 2.66. The van der Waals surface area contributed by atoms with E-state index in [1.807, 2.05) is 0 Å². The van der Waals surface area contributed by atoms with Crippen molar-refractivity contribution in [2.75, 3.05) is 19.0 Å². The summed E-state index contributed by atoms with van der Waals surface area (Å²) in [6.45, 7) is 1.00. The van der Waals surface area contributed by atoms with Crippen molar-refractivity contribution in [1.82, 2.24) is 10.3 Å². The van der Waals surface area contributed by atoms with Gasteiger partial charge in [-0.3, -0.25) is 19.4 Å². The van der Waals surface area contributed by atoms with E-state index in [-0.39, 0.29) is 5.69 Å². The summed E-state index contributed by atoms with van der Waals surface area (Å²) in [4.78, 5) is 39.8. The number of nitrogens with zero attached hydrogens (tertiary/aromatic N) is 1. The molecule has 0 spiro atoms. The molecule has 0 bridgehead atoms. The number of hydrogen-bond acceptors (Lipinski definition) is 6. The molecule has 0 saturated heterocycles. The maximum absolute atomic E-state index is 12.2. The van der Waals surface area contributed by atoms with Gasteiger partial charge in [0, 0.05) is 11.2 Å². The summed E-state index contributed by atoms with van der Waals surface area (Å²) in [5, 5.41) is 5.31. The van der Waals surface area contributed by atoms with Crippen molar-refractivity contribution in [3.05, 3.63) is 53.3 Å². The first-order valence-electron chi connectivity index (χ1n) is 7.94. The molecule has 142 valence electrons. The number of ether oxygens (including phenoxy) is 2. The first kappa shape index (κ1) is 20.2. The van der Waals surface area contributed by atoms with Crippen LogP contribution in [0.4, 0.5) is 5.69 Å². The number of nitrogens with one attached hydrogen (secondary N) is 2. The molecule has 2 amide bonds. The van der Waals surface area contributed by atoms with E-state index < -0.39 is 30.4 Å². The van der Waals surface area contributed by atoms with Crippen molar-refractivity contribution in [3.8, 4) is 5.75 Å². The second-order valence-electron chi connectivity index (χ2n) is 5.36. The van der Waals surface area contributed by atoms with Gasteiger partial charge in [0.2, 0.25) is 0 Å². The zero-order valence-electron chi connectivity index (χ0n) is 14.7. The van der Waals surface area contributed by atoms with Crippen LogP contribution in [-0.4, -0.2) is 42.5 Å². The second-order valence-corrected chi connectivity index (χ2v) is 5.80. The second kappa shape index (κ2) is 9.54. The number of carbonyl (C=O) groups is 3. The van der Waals surface area contributed by atoms with Gasteiger partial charge < -0.3 is 20.1 Å². The Morgan fingerprint density at radius 2 is 1.96 bits per heavy atom. The highest BCUT2D eigenvalue weighted by molar-refractivity contribution is 6.30. The number of anilines is 1. The standard InChI is InChI=1S/C18H18ClN3O5/c1-11(17(24)22-13-5-3-4-6-15(13)26-2)27-16(23)10-21-18(25)14-9-12(19)7-8-20-14/h3-9,11H,10H2,1-2H3,(H,21,25)(H,22,24)/t11-/m0/s1. The molecule has 2 N–H and O–H groups in total. The highest BCUT2D eigenvalue weighted by atomic mass is 35.5. The first-order valence-corrected chi connectivity index (χ1v) is 8.31. The van der Waals surface area contributed by atoms with Crippen LogP contribution in [0.1, 0.15) is 17.4 Å². The lowest BCUT2D eigenvalue weighted by Crippen LogP contribution is -2.36. The summed E-state index contributed by atoms with van der Waals surface area (Å²) >= 11 is 5.78. The maximum atomic E-state index is 12.2. The summed E-state index contributed by atoms with van der Waals surface area (Å²) in [7, 11) is 1.48. The molecule has 0 aliphatic carbocycles. The average molecular weight is 392 g/mol. The van der Waals surface area contributed by atoms with Crippen LogP contribution in [0.15, 0.2) is 42.6 Å². The summed E-state index contributed by atoms with van der Waals surface area (Å²) in [6.07, 6.45) is 0.309. The third kappa shape index (κ3) is 5.96. The van der Waals surface area contributed by atoms with Crippen molar-refractivity contribution in [2.45, 2.75) is 13.0 Å². The molecule has 1 heterocycles. The van der Waals surface area contributed by atoms with Gasteiger partial charge in [0.15, 0.2) is 6.10 Å². The number of hydrogen-bond donors (Lipinski definition) is 2. The molecular formula is C18H18ClN3O5. The molecular weight excluding hydrogens is 374 g/mol. The van der Waals surface area contributed by atoms with Gasteiger partial charge >= 0.3 is 5.97 Å². The van der Waals surface area contributed by atoms with Gasteiger partial charge in [-0.15, -0.1) is 0 Å². The van der Waals surface area contributed by atoms with Gasteiger partial charge in [0.25, 0.3) is 11.8 Å². The Kier molecular flexibility index (Phi) is 7.13. The van der Waals surface area contributed by atoms with Crippen molar-refractivity contribution in [2.24, 2.45) is 0 Å². The Bertz CT molecular complexity index is 843. The lowest BCUT2D eigenvalue weighted by Gasteiger charge is -2.15. The van der Waals surface area contributed by atoms with Gasteiger partial charge in [0.05, 0.1) is 12.8 Å². The van der Waals surface area contributed by atoms with Gasteiger partial charge in [-0.1, -0.05) is 23.7 Å². The molecule has 0 radical (unpaired) electrons. The number of esters is 1. The highest BCUT2D eigenvalue weighted by Gasteiger charge is 2.20. The van der Waals surface area contributed by atoms with Crippen molar-refractivity contribution >= 4 is 35.1 Å². The Hall–Kier alpha value is -3.13. The fourth-order valence-electron chi connectivity index (χ4n) is 2.05. The van der Waals surface area contributed by atoms with Crippen molar-refractivity contribution < 1.29 is 23.9 Å². The number of amides is 2. The number of methoxy groups -OCH3 is 1. The van der Waals surface area contributed by atoms with Crippen molar-refractivity contribution in [3.63, 3.8) is 0 Å². The predicted octanol–water partition coefficient (Wildman–Crippen LogP) is 2.04. The molecule has 0 unspecified atom stereocenters. The van der Waals surface area contributed by atoms with Crippen LogP contribution in [0, 0.1) is 0 Å². The van der Waals surface area contributed by atoms with E-state index in [1.54, 1.807) is 24.3 Å². The molecule has 1 aromatic carbocycles. The minimum Gasteiger partial charge on any atom is -0.495 e. The largest absolute Gasteiger partial charge is 0.495 e. The molecule has 27 heavy (non-hydrogen) atoms. The van der Waals surface area contributed by atoms with Gasteiger partial charge in [-0.05, 0) is 31.2 Å². The summed E-state index contributed by atoms with van der Waals surface area (Å²) in [5.74, 6) is -1.41. The minimum absolute atomic E-state index is 0.0669. The SMILES string of the molecule is COc1ccccc1NC(=O)[C@H](C)OC(=O)CNC(=O)c1cc(Cl)ccn1. The molecule has 1 aromatic heterocycles. The van der Waals surface area contributed by atoms with E-state index in [0.29, 0.717) is 16.5 Å². The topological polar surface area (TPSA) is 107 Å². The number of carbonyl (C=O) groups excluding carboxylic acids is 3. The van der Waals surface area contributed by atoms with Crippen LogP contribution < -0.4 is 15.4 Å². The third-order valence-electron chi connectivity index (χ3n) is 3.39. The van der Waals surface area contributed by atoms with Gasteiger partial charge in [-0.2, -0.15) is 0 Å². The van der Waals surface area contributed by atoms with Crippen LogP contribution in [0.3, 0.4) is 0 Å². The molecule has 0 fully saturated rings. The van der Waals surface area contributed by atoms with E-state index in [9.17, 15) is 14.4 Å². The predicted molar refractivity (Wildman–Crippen MR) is 98.8 cm³/mol. The Morgan fingerprint density at radius 3 is 2.67 bits per heavy atom. The maximum Gasteiger partial charge on any atom is 0.326 e. The van der Waals surface area contributed by atoms with Crippen LogP contribution in [0.5, 0.6) is 5.75 Å². The Balaban J connectivity index is 1.84. The van der Waals surface area contributed by atoms with Crippen LogP contribution >= 0.6 is 11.6 Å². The van der Waals surface area contributed by atoms with Crippen LogP contribution in [-0.2, 0) is 14.3 Å². The first-order chi connectivity index (χ1) is 12.9. The van der Waals surface area contributed by atoms with Crippen LogP contribution in [0.2, 0.25) is 5.02 Å². The number of aromatic nitrogens is 1. The zero-order valence-corrected chi connectivity index (χ0v) is 15.4. The van der Waals surface area contributed by atoms with Crippen LogP contribution in [0.25, 0.3) is 0 Å². The molecule has 0 saturated carbocycles.